The minimum Gasteiger partial charge on any atom is -0.352 e. The smallest absolute Gasteiger partial charge is 0.224 e. The summed E-state index contributed by atoms with van der Waals surface area (Å²) in [6.45, 7) is 1.90. The Morgan fingerprint density at radius 3 is 2.50 bits per heavy atom. The van der Waals surface area contributed by atoms with Gasteiger partial charge in [-0.2, -0.15) is 0 Å². The number of nitrogens with one attached hydrogen (secondary N) is 2. The Bertz CT molecular complexity index is 308. The van der Waals surface area contributed by atoms with Crippen LogP contribution >= 0.6 is 0 Å². The lowest BCUT2D eigenvalue weighted by molar-refractivity contribution is -0.124. The van der Waals surface area contributed by atoms with E-state index in [0.717, 1.165) is 43.2 Å². The molecule has 1 heterocycles. The van der Waals surface area contributed by atoms with Gasteiger partial charge >= 0.3 is 0 Å². The van der Waals surface area contributed by atoms with Crippen molar-refractivity contribution < 1.29 is 4.79 Å². The summed E-state index contributed by atoms with van der Waals surface area (Å²) in [5, 5.41) is 6.59. The third kappa shape index (κ3) is 1.21. The second-order valence-electron chi connectivity index (χ2n) is 6.21. The van der Waals surface area contributed by atoms with Gasteiger partial charge in [0, 0.05) is 12.6 Å². The van der Waals surface area contributed by atoms with Crippen LogP contribution in [-0.4, -0.2) is 25.0 Å². The van der Waals surface area contributed by atoms with Crippen molar-refractivity contribution in [1.82, 2.24) is 10.6 Å². The maximum absolute atomic E-state index is 12.0. The highest BCUT2D eigenvalue weighted by atomic mass is 16.2. The van der Waals surface area contributed by atoms with Crippen molar-refractivity contribution in [2.24, 2.45) is 29.6 Å². The monoisotopic (exact) mass is 220 g/mol. The Balaban J connectivity index is 1.38. The first-order valence-electron chi connectivity index (χ1n) is 6.85. The zero-order valence-electron chi connectivity index (χ0n) is 9.61. The van der Waals surface area contributed by atoms with E-state index in [9.17, 15) is 4.79 Å². The van der Waals surface area contributed by atoms with Gasteiger partial charge in [0.25, 0.3) is 0 Å². The first-order chi connectivity index (χ1) is 7.84. The number of amides is 1. The van der Waals surface area contributed by atoms with Crippen molar-refractivity contribution in [3.8, 4) is 0 Å². The summed E-state index contributed by atoms with van der Waals surface area (Å²) in [7, 11) is 0. The fourth-order valence-corrected chi connectivity index (χ4v) is 4.68. The summed E-state index contributed by atoms with van der Waals surface area (Å²) >= 11 is 0. The zero-order valence-corrected chi connectivity index (χ0v) is 9.61. The van der Waals surface area contributed by atoms with Gasteiger partial charge in [0.2, 0.25) is 5.91 Å². The fourth-order valence-electron chi connectivity index (χ4n) is 4.68. The summed E-state index contributed by atoms with van der Waals surface area (Å²) < 4.78 is 0. The maximum Gasteiger partial charge on any atom is 0.224 e. The van der Waals surface area contributed by atoms with Gasteiger partial charge in [-0.05, 0) is 55.9 Å². The highest BCUT2D eigenvalue weighted by Crippen LogP contribution is 2.65. The highest BCUT2D eigenvalue weighted by molar-refractivity contribution is 5.80. The van der Waals surface area contributed by atoms with Gasteiger partial charge in [-0.25, -0.2) is 0 Å². The fraction of sp³-hybridized carbons (Fsp3) is 0.923. The summed E-state index contributed by atoms with van der Waals surface area (Å²) in [5.41, 5.74) is 0. The second kappa shape index (κ2) is 3.22. The number of hydrogen-bond donors (Lipinski definition) is 2. The number of hydrogen-bond acceptors (Lipinski definition) is 2. The number of fused-ring (bicyclic) bond motifs is 5. The van der Waals surface area contributed by atoms with Crippen LogP contribution in [0.1, 0.15) is 25.7 Å². The van der Waals surface area contributed by atoms with Crippen LogP contribution in [0.4, 0.5) is 0 Å². The van der Waals surface area contributed by atoms with Crippen molar-refractivity contribution in [2.45, 2.75) is 31.7 Å². The molecule has 0 aromatic rings. The number of carbonyl (C=O) groups is 1. The average Bonchev–Trinajstić information content (AvgIpc) is 2.81. The molecule has 3 saturated carbocycles. The molecule has 4 aliphatic rings. The quantitative estimate of drug-likeness (QED) is 0.721. The van der Waals surface area contributed by atoms with Crippen molar-refractivity contribution in [1.29, 1.82) is 0 Å². The van der Waals surface area contributed by atoms with Crippen molar-refractivity contribution in [3.05, 3.63) is 0 Å². The molecule has 1 aliphatic heterocycles. The summed E-state index contributed by atoms with van der Waals surface area (Å²) in [4.78, 5) is 12.0. The van der Waals surface area contributed by atoms with Crippen molar-refractivity contribution >= 4 is 5.91 Å². The van der Waals surface area contributed by atoms with Crippen LogP contribution in [0.3, 0.4) is 0 Å². The molecule has 5 atom stereocenters. The minimum atomic E-state index is 0.249. The Hall–Kier alpha value is -0.570. The van der Waals surface area contributed by atoms with Gasteiger partial charge in [-0.1, -0.05) is 0 Å². The molecule has 88 valence electrons. The molecule has 0 aromatic heterocycles. The van der Waals surface area contributed by atoms with Crippen LogP contribution in [0.5, 0.6) is 0 Å². The van der Waals surface area contributed by atoms with Crippen molar-refractivity contribution in [3.63, 3.8) is 0 Å². The number of carbonyl (C=O) groups excluding carboxylic acids is 1. The van der Waals surface area contributed by atoms with E-state index in [0.29, 0.717) is 11.9 Å². The summed E-state index contributed by atoms with van der Waals surface area (Å²) in [6.07, 6.45) is 5.36. The maximum atomic E-state index is 12.0. The van der Waals surface area contributed by atoms with Crippen LogP contribution in [-0.2, 0) is 4.79 Å². The van der Waals surface area contributed by atoms with Crippen LogP contribution < -0.4 is 10.6 Å². The lowest BCUT2D eigenvalue weighted by Crippen LogP contribution is -2.36. The normalized spacial score (nSPS) is 52.8. The average molecular weight is 220 g/mol. The molecule has 0 spiro atoms. The molecule has 3 nitrogen and oxygen atoms in total. The Labute approximate surface area is 96.4 Å². The van der Waals surface area contributed by atoms with Crippen molar-refractivity contribution in [2.75, 3.05) is 13.1 Å². The highest BCUT2D eigenvalue weighted by Gasteiger charge is 2.65. The Morgan fingerprint density at radius 2 is 1.88 bits per heavy atom. The first kappa shape index (κ1) is 9.46. The molecule has 4 fully saturated rings. The van der Waals surface area contributed by atoms with Gasteiger partial charge in [0.05, 0.1) is 5.92 Å². The lowest BCUT2D eigenvalue weighted by atomic mass is 10.0. The minimum absolute atomic E-state index is 0.249. The topological polar surface area (TPSA) is 41.1 Å². The first-order valence-corrected chi connectivity index (χ1v) is 6.85. The molecule has 5 unspecified atom stereocenters. The molecule has 3 heteroatoms. The largest absolute Gasteiger partial charge is 0.352 e. The van der Waals surface area contributed by atoms with Crippen LogP contribution in [0.25, 0.3) is 0 Å². The molecule has 16 heavy (non-hydrogen) atoms. The molecule has 2 N–H and O–H groups in total. The van der Waals surface area contributed by atoms with Gasteiger partial charge in [0.1, 0.15) is 0 Å². The van der Waals surface area contributed by atoms with E-state index in [1.54, 1.807) is 0 Å². The molecular formula is C13H20N2O. The molecule has 3 aliphatic carbocycles. The van der Waals surface area contributed by atoms with E-state index in [4.69, 9.17) is 0 Å². The van der Waals surface area contributed by atoms with E-state index in [1.165, 1.54) is 19.3 Å². The standard InChI is InChI=1S/C13H20N2O/c16-13(9-3-4-14-6-9)15-12-10-7-1-2-8(5-7)11(10)12/h7-12,14H,1-6H2,(H,15,16). The van der Waals surface area contributed by atoms with Gasteiger partial charge < -0.3 is 10.6 Å². The summed E-state index contributed by atoms with van der Waals surface area (Å²) in [5.74, 6) is 4.24. The molecule has 1 amide bonds. The summed E-state index contributed by atoms with van der Waals surface area (Å²) in [6, 6.07) is 0.569. The molecule has 0 aromatic carbocycles. The molecule has 0 radical (unpaired) electrons. The molecular weight excluding hydrogens is 200 g/mol. The second-order valence-corrected chi connectivity index (χ2v) is 6.21. The van der Waals surface area contributed by atoms with Crippen LogP contribution in [0.2, 0.25) is 0 Å². The van der Waals surface area contributed by atoms with Crippen LogP contribution in [0, 0.1) is 29.6 Å². The molecule has 2 bridgehead atoms. The zero-order chi connectivity index (χ0) is 10.7. The van der Waals surface area contributed by atoms with E-state index in [1.807, 2.05) is 0 Å². The Kier molecular flexibility index (Phi) is 1.90. The third-order valence-electron chi connectivity index (χ3n) is 5.48. The predicted molar refractivity (Wildman–Crippen MR) is 60.7 cm³/mol. The van der Waals surface area contributed by atoms with Crippen LogP contribution in [0.15, 0.2) is 0 Å². The Morgan fingerprint density at radius 1 is 1.12 bits per heavy atom. The van der Waals surface area contributed by atoms with E-state index >= 15 is 0 Å². The SMILES string of the molecule is O=C(NC1C2C3CCC(C3)C12)C1CCNC1. The van der Waals surface area contributed by atoms with E-state index in [2.05, 4.69) is 10.6 Å². The lowest BCUT2D eigenvalue weighted by Gasteiger charge is -2.13. The third-order valence-corrected chi connectivity index (χ3v) is 5.48. The van der Waals surface area contributed by atoms with E-state index in [-0.39, 0.29) is 5.92 Å². The molecule has 4 rings (SSSR count). The molecule has 1 saturated heterocycles. The predicted octanol–water partition coefficient (Wildman–Crippen LogP) is 0.757. The van der Waals surface area contributed by atoms with E-state index < -0.39 is 0 Å². The van der Waals surface area contributed by atoms with Gasteiger partial charge in [-0.3, -0.25) is 4.79 Å². The van der Waals surface area contributed by atoms with Gasteiger partial charge in [0.15, 0.2) is 0 Å². The number of rotatable bonds is 2. The van der Waals surface area contributed by atoms with Gasteiger partial charge in [-0.15, -0.1) is 0 Å².